The molecule has 15 heavy (non-hydrogen) atoms. The Morgan fingerprint density at radius 2 is 2.47 bits per heavy atom. The number of hydrogen-bond donors (Lipinski definition) is 1. The zero-order chi connectivity index (χ0) is 10.3. The first-order valence-corrected chi connectivity index (χ1v) is 5.65. The molecule has 1 N–H and O–H groups in total. The van der Waals surface area contributed by atoms with Crippen molar-refractivity contribution in [1.29, 1.82) is 0 Å². The second-order valence-electron chi connectivity index (χ2n) is 4.67. The Morgan fingerprint density at radius 1 is 1.53 bits per heavy atom. The molecule has 0 aromatic carbocycles. The standard InChI is InChI=1S/C12H16N2O/c15-12-10-3-5-14(8-10)11(12)6-9-2-1-4-13-7-9/h1-2,4,7,10-12,15H,3,5-6,8H2. The largest absolute Gasteiger partial charge is 0.391 e. The summed E-state index contributed by atoms with van der Waals surface area (Å²) < 4.78 is 0. The van der Waals surface area contributed by atoms with E-state index in [1.165, 1.54) is 12.0 Å². The van der Waals surface area contributed by atoms with E-state index in [4.69, 9.17) is 0 Å². The molecule has 2 bridgehead atoms. The average molecular weight is 204 g/mol. The summed E-state index contributed by atoms with van der Waals surface area (Å²) in [6.45, 7) is 2.25. The summed E-state index contributed by atoms with van der Waals surface area (Å²) in [5, 5.41) is 10.1. The number of aliphatic hydroxyl groups excluding tert-OH is 1. The van der Waals surface area contributed by atoms with Gasteiger partial charge in [0.15, 0.2) is 0 Å². The van der Waals surface area contributed by atoms with Crippen LogP contribution in [0.25, 0.3) is 0 Å². The van der Waals surface area contributed by atoms with Crippen molar-refractivity contribution in [2.75, 3.05) is 13.1 Å². The Balaban J connectivity index is 1.74. The van der Waals surface area contributed by atoms with Gasteiger partial charge in [0.2, 0.25) is 0 Å². The number of nitrogens with zero attached hydrogens (tertiary/aromatic N) is 2. The number of piperidine rings is 1. The second-order valence-corrected chi connectivity index (χ2v) is 4.67. The summed E-state index contributed by atoms with van der Waals surface area (Å²) in [7, 11) is 0. The van der Waals surface area contributed by atoms with Crippen molar-refractivity contribution in [2.24, 2.45) is 5.92 Å². The van der Waals surface area contributed by atoms with Crippen LogP contribution in [0.2, 0.25) is 0 Å². The average Bonchev–Trinajstić information content (AvgIpc) is 2.84. The van der Waals surface area contributed by atoms with Gasteiger partial charge in [-0.05, 0) is 31.0 Å². The van der Waals surface area contributed by atoms with E-state index in [-0.39, 0.29) is 6.10 Å². The predicted molar refractivity (Wildman–Crippen MR) is 57.4 cm³/mol. The van der Waals surface area contributed by atoms with Crippen LogP contribution in [0.3, 0.4) is 0 Å². The van der Waals surface area contributed by atoms with Gasteiger partial charge in [0.1, 0.15) is 0 Å². The lowest BCUT2D eigenvalue weighted by Gasteiger charge is -2.28. The number of aromatic nitrogens is 1. The number of pyridine rings is 1. The van der Waals surface area contributed by atoms with Crippen LogP contribution in [0, 0.1) is 5.92 Å². The topological polar surface area (TPSA) is 36.4 Å². The number of rotatable bonds is 2. The van der Waals surface area contributed by atoms with E-state index >= 15 is 0 Å². The smallest absolute Gasteiger partial charge is 0.0739 e. The van der Waals surface area contributed by atoms with Gasteiger partial charge in [-0.2, -0.15) is 0 Å². The molecule has 4 atom stereocenters. The lowest BCUT2D eigenvalue weighted by Crippen LogP contribution is -2.40. The molecule has 1 aromatic heterocycles. The van der Waals surface area contributed by atoms with E-state index in [0.29, 0.717) is 12.0 Å². The fraction of sp³-hybridized carbons (Fsp3) is 0.583. The van der Waals surface area contributed by atoms with Crippen molar-refractivity contribution in [2.45, 2.75) is 25.0 Å². The van der Waals surface area contributed by atoms with Crippen molar-refractivity contribution in [3.05, 3.63) is 30.1 Å². The molecule has 2 fully saturated rings. The van der Waals surface area contributed by atoms with Gasteiger partial charge >= 0.3 is 0 Å². The maximum atomic E-state index is 10.1. The fourth-order valence-corrected chi connectivity index (χ4v) is 2.94. The Bertz CT molecular complexity index is 339. The summed E-state index contributed by atoms with van der Waals surface area (Å²) in [6.07, 6.45) is 5.68. The molecule has 2 aliphatic heterocycles. The highest BCUT2D eigenvalue weighted by molar-refractivity contribution is 5.13. The van der Waals surface area contributed by atoms with E-state index in [9.17, 15) is 5.11 Å². The number of fused-ring (bicyclic) bond motifs is 2. The lowest BCUT2D eigenvalue weighted by molar-refractivity contribution is 0.0666. The van der Waals surface area contributed by atoms with E-state index in [0.717, 1.165) is 19.5 Å². The van der Waals surface area contributed by atoms with Crippen molar-refractivity contribution in [1.82, 2.24) is 9.88 Å². The van der Waals surface area contributed by atoms with Crippen LogP contribution in [0.15, 0.2) is 24.5 Å². The predicted octanol–water partition coefficient (Wildman–Crippen LogP) is 0.689. The molecule has 0 spiro atoms. The van der Waals surface area contributed by atoms with E-state index in [2.05, 4.69) is 16.0 Å². The minimum atomic E-state index is -0.126. The van der Waals surface area contributed by atoms with Crippen LogP contribution in [0.1, 0.15) is 12.0 Å². The third kappa shape index (κ3) is 1.56. The quantitative estimate of drug-likeness (QED) is 0.770. The molecule has 0 saturated carbocycles. The molecule has 3 rings (SSSR count). The minimum absolute atomic E-state index is 0.126. The third-order valence-electron chi connectivity index (χ3n) is 3.77. The minimum Gasteiger partial charge on any atom is -0.391 e. The maximum Gasteiger partial charge on any atom is 0.0739 e. The molecule has 0 aliphatic carbocycles. The first-order valence-electron chi connectivity index (χ1n) is 5.65. The van der Waals surface area contributed by atoms with Crippen LogP contribution >= 0.6 is 0 Å². The molecule has 0 radical (unpaired) electrons. The van der Waals surface area contributed by atoms with E-state index in [1.54, 1.807) is 6.20 Å². The van der Waals surface area contributed by atoms with Crippen molar-refractivity contribution < 1.29 is 5.11 Å². The van der Waals surface area contributed by atoms with Gasteiger partial charge in [-0.25, -0.2) is 0 Å². The van der Waals surface area contributed by atoms with Gasteiger partial charge in [0.25, 0.3) is 0 Å². The van der Waals surface area contributed by atoms with Crippen molar-refractivity contribution >= 4 is 0 Å². The highest BCUT2D eigenvalue weighted by Crippen LogP contribution is 2.34. The van der Waals surface area contributed by atoms with E-state index < -0.39 is 0 Å². The normalized spacial score (nSPS) is 38.5. The molecule has 3 heterocycles. The molecule has 4 unspecified atom stereocenters. The highest BCUT2D eigenvalue weighted by Gasteiger charge is 2.44. The van der Waals surface area contributed by atoms with Crippen LogP contribution in [-0.4, -0.2) is 40.2 Å². The van der Waals surface area contributed by atoms with Crippen molar-refractivity contribution in [3.8, 4) is 0 Å². The molecule has 1 aromatic rings. The Hall–Kier alpha value is -0.930. The molecule has 2 saturated heterocycles. The van der Waals surface area contributed by atoms with Crippen molar-refractivity contribution in [3.63, 3.8) is 0 Å². The summed E-state index contributed by atoms with van der Waals surface area (Å²) in [5.74, 6) is 0.520. The number of aliphatic hydroxyl groups is 1. The van der Waals surface area contributed by atoms with Crippen LogP contribution < -0.4 is 0 Å². The molecule has 0 amide bonds. The van der Waals surface area contributed by atoms with Gasteiger partial charge in [-0.15, -0.1) is 0 Å². The summed E-state index contributed by atoms with van der Waals surface area (Å²) in [4.78, 5) is 6.53. The van der Waals surface area contributed by atoms with Gasteiger partial charge < -0.3 is 5.11 Å². The second kappa shape index (κ2) is 3.58. The van der Waals surface area contributed by atoms with Gasteiger partial charge in [-0.1, -0.05) is 6.07 Å². The van der Waals surface area contributed by atoms with Crippen LogP contribution in [-0.2, 0) is 6.42 Å². The molecule has 2 aliphatic rings. The zero-order valence-electron chi connectivity index (χ0n) is 8.71. The maximum absolute atomic E-state index is 10.1. The third-order valence-corrected chi connectivity index (χ3v) is 3.77. The molecular formula is C12H16N2O. The van der Waals surface area contributed by atoms with Gasteiger partial charge in [-0.3, -0.25) is 9.88 Å². The highest BCUT2D eigenvalue weighted by atomic mass is 16.3. The van der Waals surface area contributed by atoms with Crippen LogP contribution in [0.5, 0.6) is 0 Å². The fourth-order valence-electron chi connectivity index (χ4n) is 2.94. The lowest BCUT2D eigenvalue weighted by atomic mass is 9.93. The Labute approximate surface area is 89.7 Å². The number of hydrogen-bond acceptors (Lipinski definition) is 3. The Morgan fingerprint density at radius 3 is 3.13 bits per heavy atom. The van der Waals surface area contributed by atoms with Crippen LogP contribution in [0.4, 0.5) is 0 Å². The summed E-state index contributed by atoms with van der Waals surface area (Å²) in [5.41, 5.74) is 1.23. The van der Waals surface area contributed by atoms with Gasteiger partial charge in [0.05, 0.1) is 6.10 Å². The molecule has 80 valence electrons. The molecule has 3 nitrogen and oxygen atoms in total. The van der Waals surface area contributed by atoms with Gasteiger partial charge in [0, 0.05) is 30.9 Å². The SMILES string of the molecule is OC1C2CCN(C2)C1Cc1cccnc1. The van der Waals surface area contributed by atoms with E-state index in [1.807, 2.05) is 12.3 Å². The summed E-state index contributed by atoms with van der Waals surface area (Å²) in [6, 6.07) is 4.38. The first kappa shape index (κ1) is 9.31. The monoisotopic (exact) mass is 204 g/mol. The summed E-state index contributed by atoms with van der Waals surface area (Å²) >= 11 is 0. The first-order chi connectivity index (χ1) is 7.34. The zero-order valence-corrected chi connectivity index (χ0v) is 8.71. The molecule has 3 heteroatoms. The Kier molecular flexibility index (Phi) is 2.22. The molecular weight excluding hydrogens is 188 g/mol.